The Morgan fingerprint density at radius 1 is 1.47 bits per heavy atom. The zero-order chi connectivity index (χ0) is 12.7. The van der Waals surface area contributed by atoms with Gasteiger partial charge in [-0.1, -0.05) is 0 Å². The van der Waals surface area contributed by atoms with Crippen LogP contribution in [0.25, 0.3) is 0 Å². The third-order valence-corrected chi connectivity index (χ3v) is 2.85. The highest BCUT2D eigenvalue weighted by molar-refractivity contribution is 5.43. The summed E-state index contributed by atoms with van der Waals surface area (Å²) in [5.41, 5.74) is -1.57. The SMILES string of the molecule is CC1(O)CCN(c2cc(C(F)(F)F)ccn2)C1. The lowest BCUT2D eigenvalue weighted by Crippen LogP contribution is -2.30. The van der Waals surface area contributed by atoms with Gasteiger partial charge in [0, 0.05) is 19.3 Å². The van der Waals surface area contributed by atoms with Crippen molar-refractivity contribution in [3.8, 4) is 0 Å². The summed E-state index contributed by atoms with van der Waals surface area (Å²) in [6, 6.07) is 1.96. The fraction of sp³-hybridized carbons (Fsp3) is 0.545. The predicted octanol–water partition coefficient (Wildman–Crippen LogP) is 2.06. The average Bonchev–Trinajstić information content (AvgIpc) is 2.58. The smallest absolute Gasteiger partial charge is 0.388 e. The lowest BCUT2D eigenvalue weighted by molar-refractivity contribution is -0.137. The van der Waals surface area contributed by atoms with Gasteiger partial charge < -0.3 is 10.0 Å². The van der Waals surface area contributed by atoms with Crippen LogP contribution in [0.5, 0.6) is 0 Å². The maximum absolute atomic E-state index is 12.5. The normalized spacial score (nSPS) is 25.4. The molecule has 1 saturated heterocycles. The van der Waals surface area contributed by atoms with Crippen molar-refractivity contribution in [3.05, 3.63) is 23.9 Å². The van der Waals surface area contributed by atoms with Crippen LogP contribution >= 0.6 is 0 Å². The van der Waals surface area contributed by atoms with Crippen molar-refractivity contribution >= 4 is 5.82 Å². The molecule has 0 amide bonds. The van der Waals surface area contributed by atoms with Gasteiger partial charge >= 0.3 is 6.18 Å². The molecule has 1 fully saturated rings. The Labute approximate surface area is 96.9 Å². The van der Waals surface area contributed by atoms with Crippen molar-refractivity contribution < 1.29 is 18.3 Å². The molecule has 1 aliphatic heterocycles. The quantitative estimate of drug-likeness (QED) is 0.824. The minimum Gasteiger partial charge on any atom is -0.388 e. The lowest BCUT2D eigenvalue weighted by atomic mass is 10.1. The molecule has 1 aromatic rings. The van der Waals surface area contributed by atoms with E-state index in [1.54, 1.807) is 11.8 Å². The molecular weight excluding hydrogens is 233 g/mol. The standard InChI is InChI=1S/C11H13F3N2O/c1-10(17)3-5-16(7-10)9-6-8(2-4-15-9)11(12,13)14/h2,4,6,17H,3,5,7H2,1H3. The molecule has 1 aliphatic rings. The van der Waals surface area contributed by atoms with Crippen LogP contribution in [-0.2, 0) is 6.18 Å². The van der Waals surface area contributed by atoms with Gasteiger partial charge in [-0.2, -0.15) is 13.2 Å². The first kappa shape index (κ1) is 12.2. The van der Waals surface area contributed by atoms with Crippen LogP contribution in [0.1, 0.15) is 18.9 Å². The number of hydrogen-bond donors (Lipinski definition) is 1. The summed E-state index contributed by atoms with van der Waals surface area (Å²) < 4.78 is 37.5. The molecule has 17 heavy (non-hydrogen) atoms. The highest BCUT2D eigenvalue weighted by atomic mass is 19.4. The number of anilines is 1. The highest BCUT2D eigenvalue weighted by Gasteiger charge is 2.34. The summed E-state index contributed by atoms with van der Waals surface area (Å²) in [6.07, 6.45) is -2.68. The summed E-state index contributed by atoms with van der Waals surface area (Å²) in [5.74, 6) is 0.262. The predicted molar refractivity (Wildman–Crippen MR) is 56.7 cm³/mol. The van der Waals surface area contributed by atoms with E-state index in [-0.39, 0.29) is 5.82 Å². The lowest BCUT2D eigenvalue weighted by Gasteiger charge is -2.20. The van der Waals surface area contributed by atoms with Crippen LogP contribution in [0.15, 0.2) is 18.3 Å². The summed E-state index contributed by atoms with van der Waals surface area (Å²) in [6.45, 7) is 2.49. The third kappa shape index (κ3) is 2.69. The number of pyridine rings is 1. The Hall–Kier alpha value is -1.30. The Morgan fingerprint density at radius 2 is 2.18 bits per heavy atom. The minimum absolute atomic E-state index is 0.262. The molecule has 1 aromatic heterocycles. The van der Waals surface area contributed by atoms with Gasteiger partial charge in [-0.15, -0.1) is 0 Å². The molecule has 1 atom stereocenters. The van der Waals surface area contributed by atoms with Gasteiger partial charge in [-0.25, -0.2) is 4.98 Å². The molecule has 2 heterocycles. The summed E-state index contributed by atoms with van der Waals surface area (Å²) in [4.78, 5) is 5.58. The van der Waals surface area contributed by atoms with Crippen LogP contribution in [0.3, 0.4) is 0 Å². The van der Waals surface area contributed by atoms with E-state index < -0.39 is 17.3 Å². The number of rotatable bonds is 1. The number of halogens is 3. The second-order valence-electron chi connectivity index (χ2n) is 4.57. The highest BCUT2D eigenvalue weighted by Crippen LogP contribution is 2.32. The van der Waals surface area contributed by atoms with Gasteiger partial charge in [0.05, 0.1) is 11.2 Å². The van der Waals surface area contributed by atoms with Crippen LogP contribution in [0.2, 0.25) is 0 Å². The number of aliphatic hydroxyl groups is 1. The van der Waals surface area contributed by atoms with E-state index in [1.807, 2.05) is 0 Å². The molecule has 94 valence electrons. The van der Waals surface area contributed by atoms with E-state index in [0.717, 1.165) is 18.3 Å². The van der Waals surface area contributed by atoms with Crippen LogP contribution in [0, 0.1) is 0 Å². The van der Waals surface area contributed by atoms with Gasteiger partial charge in [0.25, 0.3) is 0 Å². The molecule has 0 bridgehead atoms. The molecule has 1 N–H and O–H groups in total. The topological polar surface area (TPSA) is 36.4 Å². The van der Waals surface area contributed by atoms with Crippen LogP contribution in [0.4, 0.5) is 19.0 Å². The van der Waals surface area contributed by atoms with E-state index >= 15 is 0 Å². The van der Waals surface area contributed by atoms with Crippen molar-refractivity contribution in [3.63, 3.8) is 0 Å². The van der Waals surface area contributed by atoms with Crippen molar-refractivity contribution in [2.45, 2.75) is 25.1 Å². The maximum atomic E-state index is 12.5. The number of alkyl halides is 3. The molecule has 3 nitrogen and oxygen atoms in total. The number of β-amino-alcohol motifs (C(OH)–C–C–N with tert-alkyl or cyclic N) is 1. The first-order chi connectivity index (χ1) is 7.78. The number of aromatic nitrogens is 1. The monoisotopic (exact) mass is 246 g/mol. The third-order valence-electron chi connectivity index (χ3n) is 2.85. The van der Waals surface area contributed by atoms with Gasteiger partial charge in [0.1, 0.15) is 5.82 Å². The molecule has 0 aliphatic carbocycles. The molecule has 1 unspecified atom stereocenters. The fourth-order valence-corrected chi connectivity index (χ4v) is 1.91. The summed E-state index contributed by atoms with van der Waals surface area (Å²) in [7, 11) is 0. The summed E-state index contributed by atoms with van der Waals surface area (Å²) in [5, 5.41) is 9.76. The Morgan fingerprint density at radius 3 is 2.71 bits per heavy atom. The number of nitrogens with zero attached hydrogens (tertiary/aromatic N) is 2. The van der Waals surface area contributed by atoms with Gasteiger partial charge in [0.15, 0.2) is 0 Å². The first-order valence-electron chi connectivity index (χ1n) is 5.28. The van der Waals surface area contributed by atoms with Gasteiger partial charge in [0.2, 0.25) is 0 Å². The zero-order valence-electron chi connectivity index (χ0n) is 9.33. The fourth-order valence-electron chi connectivity index (χ4n) is 1.91. The first-order valence-corrected chi connectivity index (χ1v) is 5.28. The van der Waals surface area contributed by atoms with E-state index in [4.69, 9.17) is 0 Å². The van der Waals surface area contributed by atoms with Crippen molar-refractivity contribution in [2.75, 3.05) is 18.0 Å². The van der Waals surface area contributed by atoms with Crippen LogP contribution < -0.4 is 4.90 Å². The second-order valence-corrected chi connectivity index (χ2v) is 4.57. The molecule has 0 aromatic carbocycles. The zero-order valence-corrected chi connectivity index (χ0v) is 9.33. The molecule has 0 saturated carbocycles. The van der Waals surface area contributed by atoms with Gasteiger partial charge in [-0.05, 0) is 25.5 Å². The van der Waals surface area contributed by atoms with E-state index in [2.05, 4.69) is 4.98 Å². The summed E-state index contributed by atoms with van der Waals surface area (Å²) >= 11 is 0. The number of hydrogen-bond acceptors (Lipinski definition) is 3. The molecular formula is C11H13F3N2O. The van der Waals surface area contributed by atoms with Crippen molar-refractivity contribution in [1.82, 2.24) is 4.98 Å². The largest absolute Gasteiger partial charge is 0.416 e. The second kappa shape index (κ2) is 3.87. The van der Waals surface area contributed by atoms with E-state index in [9.17, 15) is 18.3 Å². The maximum Gasteiger partial charge on any atom is 0.416 e. The Balaban J connectivity index is 2.23. The Kier molecular flexibility index (Phi) is 2.77. The molecule has 0 spiro atoms. The van der Waals surface area contributed by atoms with Crippen LogP contribution in [-0.4, -0.2) is 28.8 Å². The van der Waals surface area contributed by atoms with Crippen molar-refractivity contribution in [1.29, 1.82) is 0 Å². The molecule has 2 rings (SSSR count). The van der Waals surface area contributed by atoms with E-state index in [1.165, 1.54) is 0 Å². The van der Waals surface area contributed by atoms with Gasteiger partial charge in [-0.3, -0.25) is 0 Å². The minimum atomic E-state index is -4.36. The Bertz CT molecular complexity index is 417. The molecule has 6 heteroatoms. The van der Waals surface area contributed by atoms with E-state index in [0.29, 0.717) is 19.5 Å². The molecule has 0 radical (unpaired) electrons. The average molecular weight is 246 g/mol. The van der Waals surface area contributed by atoms with Crippen molar-refractivity contribution in [2.24, 2.45) is 0 Å².